The topological polar surface area (TPSA) is 55.6 Å². The fourth-order valence-electron chi connectivity index (χ4n) is 1.85. The number of nitrogens with zero attached hydrogens (tertiary/aromatic N) is 4. The van der Waals surface area contributed by atoms with Gasteiger partial charge in [0.2, 0.25) is 0 Å². The third-order valence-electron chi connectivity index (χ3n) is 2.78. The molecule has 0 aliphatic rings. The van der Waals surface area contributed by atoms with Crippen molar-refractivity contribution in [2.24, 2.45) is 7.05 Å². The highest BCUT2D eigenvalue weighted by atomic mass is 15.3. The number of hydrogen-bond donors (Lipinski definition) is 1. The number of aryl methyl sites for hydroxylation is 1. The lowest BCUT2D eigenvalue weighted by Gasteiger charge is -2.03. The van der Waals surface area contributed by atoms with E-state index < -0.39 is 0 Å². The third kappa shape index (κ3) is 2.44. The molecule has 5 heteroatoms. The molecule has 0 radical (unpaired) electrons. The molecular formula is C14H13N5. The molecule has 0 fully saturated rings. The normalized spacial score (nSPS) is 10.4. The molecule has 0 bridgehead atoms. The second-order valence-electron chi connectivity index (χ2n) is 4.16. The number of hydrogen-bond acceptors (Lipinski definition) is 4. The van der Waals surface area contributed by atoms with Gasteiger partial charge in [0.05, 0.1) is 23.8 Å². The smallest absolute Gasteiger partial charge is 0.129 e. The van der Waals surface area contributed by atoms with Crippen molar-refractivity contribution in [3.05, 3.63) is 55.1 Å². The largest absolute Gasteiger partial charge is 0.338 e. The van der Waals surface area contributed by atoms with Crippen LogP contribution in [0.5, 0.6) is 0 Å². The maximum Gasteiger partial charge on any atom is 0.129 e. The van der Waals surface area contributed by atoms with Crippen LogP contribution in [-0.2, 0) is 7.05 Å². The predicted molar refractivity (Wildman–Crippen MR) is 74.0 cm³/mol. The maximum atomic E-state index is 4.49. The van der Waals surface area contributed by atoms with Gasteiger partial charge in [-0.3, -0.25) is 4.68 Å². The van der Waals surface area contributed by atoms with E-state index in [9.17, 15) is 0 Å². The highest BCUT2D eigenvalue weighted by molar-refractivity contribution is 5.65. The second-order valence-corrected chi connectivity index (χ2v) is 4.16. The lowest BCUT2D eigenvalue weighted by molar-refractivity contribution is 0.779. The summed E-state index contributed by atoms with van der Waals surface area (Å²) in [5.41, 5.74) is 2.86. The minimum absolute atomic E-state index is 0.838. The molecule has 0 amide bonds. The summed E-state index contributed by atoms with van der Waals surface area (Å²) in [5, 5.41) is 7.73. The molecule has 0 aliphatic heterocycles. The van der Waals surface area contributed by atoms with Crippen LogP contribution >= 0.6 is 0 Å². The highest BCUT2D eigenvalue weighted by Crippen LogP contribution is 2.22. The molecule has 94 valence electrons. The highest BCUT2D eigenvalue weighted by Gasteiger charge is 2.07. The van der Waals surface area contributed by atoms with Crippen LogP contribution < -0.4 is 5.32 Å². The molecule has 3 rings (SSSR count). The zero-order chi connectivity index (χ0) is 13.1. The summed E-state index contributed by atoms with van der Waals surface area (Å²) in [6.45, 7) is 0. The van der Waals surface area contributed by atoms with E-state index in [0.29, 0.717) is 0 Å². The van der Waals surface area contributed by atoms with Gasteiger partial charge in [-0.2, -0.15) is 5.10 Å². The minimum Gasteiger partial charge on any atom is -0.338 e. The predicted octanol–water partition coefficient (Wildman–Crippen LogP) is 2.62. The first-order valence-electron chi connectivity index (χ1n) is 5.94. The minimum atomic E-state index is 0.838. The molecular weight excluding hydrogens is 238 g/mol. The van der Waals surface area contributed by atoms with Crippen LogP contribution in [0.25, 0.3) is 11.3 Å². The number of benzene rings is 1. The van der Waals surface area contributed by atoms with E-state index in [4.69, 9.17) is 0 Å². The first kappa shape index (κ1) is 11.4. The van der Waals surface area contributed by atoms with E-state index >= 15 is 0 Å². The Morgan fingerprint density at radius 2 is 1.79 bits per heavy atom. The molecule has 2 heterocycles. The summed E-state index contributed by atoms with van der Waals surface area (Å²) in [5.74, 6) is 0.897. The van der Waals surface area contributed by atoms with Crippen molar-refractivity contribution in [3.63, 3.8) is 0 Å². The zero-order valence-electron chi connectivity index (χ0n) is 10.5. The average Bonchev–Trinajstić information content (AvgIpc) is 2.82. The lowest BCUT2D eigenvalue weighted by Crippen LogP contribution is -1.99. The molecule has 0 spiro atoms. The van der Waals surface area contributed by atoms with Crippen molar-refractivity contribution >= 4 is 11.5 Å². The summed E-state index contributed by atoms with van der Waals surface area (Å²) >= 11 is 0. The molecule has 19 heavy (non-hydrogen) atoms. The molecule has 1 aromatic carbocycles. The summed E-state index contributed by atoms with van der Waals surface area (Å²) < 4.78 is 1.80. The Kier molecular flexibility index (Phi) is 2.94. The zero-order valence-corrected chi connectivity index (χ0v) is 10.5. The van der Waals surface area contributed by atoms with Gasteiger partial charge in [-0.1, -0.05) is 30.3 Å². The van der Waals surface area contributed by atoms with Gasteiger partial charge < -0.3 is 5.32 Å². The molecule has 1 N–H and O–H groups in total. The molecule has 0 saturated carbocycles. The molecule has 0 atom stereocenters. The fraction of sp³-hybridized carbons (Fsp3) is 0.0714. The molecule has 0 unspecified atom stereocenters. The molecule has 0 aliphatic carbocycles. The van der Waals surface area contributed by atoms with Gasteiger partial charge in [-0.25, -0.2) is 9.97 Å². The van der Waals surface area contributed by atoms with Crippen LogP contribution in [0, 0.1) is 0 Å². The van der Waals surface area contributed by atoms with Gasteiger partial charge in [0.1, 0.15) is 12.1 Å². The van der Waals surface area contributed by atoms with Crippen LogP contribution in [0.15, 0.2) is 55.1 Å². The number of anilines is 2. The first-order chi connectivity index (χ1) is 9.33. The Labute approximate surface area is 111 Å². The van der Waals surface area contributed by atoms with Gasteiger partial charge in [-0.05, 0) is 0 Å². The van der Waals surface area contributed by atoms with Gasteiger partial charge in [0.25, 0.3) is 0 Å². The van der Waals surface area contributed by atoms with Crippen molar-refractivity contribution < 1.29 is 0 Å². The number of aromatic nitrogens is 4. The van der Waals surface area contributed by atoms with Gasteiger partial charge in [0, 0.05) is 18.7 Å². The SMILES string of the molecule is Cn1nc(-c2ccccc2)cc1Nc1cncnc1. The Hall–Kier alpha value is -2.69. The second kappa shape index (κ2) is 4.89. The van der Waals surface area contributed by atoms with Crippen molar-refractivity contribution in [1.82, 2.24) is 19.7 Å². The van der Waals surface area contributed by atoms with E-state index in [0.717, 1.165) is 22.8 Å². The quantitative estimate of drug-likeness (QED) is 0.777. The van der Waals surface area contributed by atoms with Crippen molar-refractivity contribution in [2.75, 3.05) is 5.32 Å². The average molecular weight is 251 g/mol. The fourth-order valence-corrected chi connectivity index (χ4v) is 1.85. The lowest BCUT2D eigenvalue weighted by atomic mass is 10.2. The van der Waals surface area contributed by atoms with E-state index in [1.807, 2.05) is 43.4 Å². The number of rotatable bonds is 3. The third-order valence-corrected chi connectivity index (χ3v) is 2.78. The van der Waals surface area contributed by atoms with Crippen LogP contribution in [0.2, 0.25) is 0 Å². The Balaban J connectivity index is 1.90. The summed E-state index contributed by atoms with van der Waals surface area (Å²) in [6, 6.07) is 12.1. The van der Waals surface area contributed by atoms with E-state index in [1.54, 1.807) is 17.1 Å². The van der Waals surface area contributed by atoms with Gasteiger partial charge in [-0.15, -0.1) is 0 Å². The van der Waals surface area contributed by atoms with Crippen LogP contribution in [0.1, 0.15) is 0 Å². The van der Waals surface area contributed by atoms with Crippen molar-refractivity contribution in [2.45, 2.75) is 0 Å². The monoisotopic (exact) mass is 251 g/mol. The van der Waals surface area contributed by atoms with Crippen molar-refractivity contribution in [1.29, 1.82) is 0 Å². The van der Waals surface area contributed by atoms with E-state index in [1.165, 1.54) is 6.33 Å². The molecule has 5 nitrogen and oxygen atoms in total. The van der Waals surface area contributed by atoms with Crippen molar-refractivity contribution in [3.8, 4) is 11.3 Å². The first-order valence-corrected chi connectivity index (χ1v) is 5.94. The Morgan fingerprint density at radius 1 is 1.05 bits per heavy atom. The van der Waals surface area contributed by atoms with Crippen LogP contribution in [0.4, 0.5) is 11.5 Å². The standard InChI is InChI=1S/C14H13N5/c1-19-14(17-12-8-15-10-16-9-12)7-13(18-19)11-5-3-2-4-6-11/h2-10,17H,1H3. The van der Waals surface area contributed by atoms with Crippen LogP contribution in [-0.4, -0.2) is 19.7 Å². The summed E-state index contributed by atoms with van der Waals surface area (Å²) in [4.78, 5) is 7.94. The van der Waals surface area contributed by atoms with Gasteiger partial charge in [0.15, 0.2) is 0 Å². The maximum absolute atomic E-state index is 4.49. The molecule has 2 aromatic heterocycles. The van der Waals surface area contributed by atoms with Gasteiger partial charge >= 0.3 is 0 Å². The van der Waals surface area contributed by atoms with E-state index in [-0.39, 0.29) is 0 Å². The van der Waals surface area contributed by atoms with Crippen LogP contribution in [0.3, 0.4) is 0 Å². The summed E-state index contributed by atoms with van der Waals surface area (Å²) in [7, 11) is 1.90. The Morgan fingerprint density at radius 3 is 2.53 bits per heavy atom. The number of nitrogens with one attached hydrogen (secondary N) is 1. The van der Waals surface area contributed by atoms with E-state index in [2.05, 4.69) is 20.4 Å². The summed E-state index contributed by atoms with van der Waals surface area (Å²) in [6.07, 6.45) is 4.95. The molecule has 3 aromatic rings. The Bertz CT molecular complexity index is 661. The molecule has 0 saturated heterocycles.